The average Bonchev–Trinajstić information content (AvgIpc) is 2.74. The van der Waals surface area contributed by atoms with Gasteiger partial charge in [-0.3, -0.25) is 10.2 Å². The van der Waals surface area contributed by atoms with Crippen molar-refractivity contribution in [3.05, 3.63) is 66.7 Å². The van der Waals surface area contributed by atoms with Gasteiger partial charge in [-0.15, -0.1) is 0 Å². The Morgan fingerprint density at radius 2 is 1.66 bits per heavy atom. The van der Waals surface area contributed by atoms with Gasteiger partial charge in [0.2, 0.25) is 0 Å². The summed E-state index contributed by atoms with van der Waals surface area (Å²) in [5.74, 6) is 0.843. The van der Waals surface area contributed by atoms with E-state index in [4.69, 9.17) is 9.47 Å². The van der Waals surface area contributed by atoms with Gasteiger partial charge in [0, 0.05) is 11.1 Å². The number of hydrogen-bond donors (Lipinski definition) is 3. The van der Waals surface area contributed by atoms with Crippen LogP contribution >= 0.6 is 0 Å². The fourth-order valence-electron chi connectivity index (χ4n) is 2.73. The third kappa shape index (κ3) is 5.38. The summed E-state index contributed by atoms with van der Waals surface area (Å²) in [6, 6.07) is 19.7. The number of ether oxygens (including phenoxy) is 2. The number of amides is 3. The van der Waals surface area contributed by atoms with Crippen LogP contribution in [0.15, 0.2) is 66.7 Å². The predicted octanol–water partition coefficient (Wildman–Crippen LogP) is 3.86. The van der Waals surface area contributed by atoms with Gasteiger partial charge < -0.3 is 14.8 Å². The number of hydrogen-bond acceptors (Lipinski definition) is 4. The topological polar surface area (TPSA) is 88.7 Å². The molecule has 0 spiro atoms. The van der Waals surface area contributed by atoms with Crippen LogP contribution < -0.4 is 25.6 Å². The van der Waals surface area contributed by atoms with Crippen molar-refractivity contribution in [2.75, 3.05) is 11.9 Å². The Hall–Kier alpha value is -3.74. The molecule has 0 aliphatic rings. The summed E-state index contributed by atoms with van der Waals surface area (Å²) in [4.78, 5) is 24.2. The summed E-state index contributed by atoms with van der Waals surface area (Å²) in [7, 11) is 0. The Morgan fingerprint density at radius 3 is 2.41 bits per heavy atom. The zero-order chi connectivity index (χ0) is 20.6. The number of anilines is 1. The predicted molar refractivity (Wildman–Crippen MR) is 112 cm³/mol. The SMILES string of the molecule is CCOc1ccc(NC(=O)NNC(=O)C(C)Oc2cccc3ccccc23)cc1. The first-order chi connectivity index (χ1) is 14.1. The lowest BCUT2D eigenvalue weighted by atomic mass is 10.1. The molecule has 0 aliphatic carbocycles. The van der Waals surface area contributed by atoms with Crippen LogP contribution in [0.3, 0.4) is 0 Å². The van der Waals surface area contributed by atoms with Crippen molar-refractivity contribution in [3.63, 3.8) is 0 Å². The Kier molecular flexibility index (Phi) is 6.52. The molecule has 1 unspecified atom stereocenters. The van der Waals surface area contributed by atoms with E-state index in [1.807, 2.05) is 43.3 Å². The van der Waals surface area contributed by atoms with Gasteiger partial charge in [0.05, 0.1) is 6.61 Å². The Bertz CT molecular complexity index is 984. The zero-order valence-electron chi connectivity index (χ0n) is 16.3. The maximum Gasteiger partial charge on any atom is 0.337 e. The van der Waals surface area contributed by atoms with E-state index in [0.717, 1.165) is 10.8 Å². The number of hydrazine groups is 1. The second-order valence-electron chi connectivity index (χ2n) is 6.26. The fourth-order valence-corrected chi connectivity index (χ4v) is 2.73. The molecule has 0 aliphatic heterocycles. The van der Waals surface area contributed by atoms with Crippen LogP contribution in [0.1, 0.15) is 13.8 Å². The number of nitrogens with one attached hydrogen (secondary N) is 3. The number of carbonyl (C=O) groups is 2. The van der Waals surface area contributed by atoms with Gasteiger partial charge in [-0.2, -0.15) is 0 Å². The van der Waals surface area contributed by atoms with Crippen molar-refractivity contribution < 1.29 is 19.1 Å². The largest absolute Gasteiger partial charge is 0.494 e. The molecule has 0 heterocycles. The van der Waals surface area contributed by atoms with Crippen molar-refractivity contribution >= 4 is 28.4 Å². The molecule has 1 atom stereocenters. The molecule has 0 saturated carbocycles. The minimum absolute atomic E-state index is 0.472. The van der Waals surface area contributed by atoms with E-state index in [1.54, 1.807) is 37.3 Å². The first-order valence-electron chi connectivity index (χ1n) is 9.31. The minimum Gasteiger partial charge on any atom is -0.494 e. The number of fused-ring (bicyclic) bond motifs is 1. The molecule has 0 aromatic heterocycles. The third-order valence-corrected chi connectivity index (χ3v) is 4.15. The first-order valence-corrected chi connectivity index (χ1v) is 9.31. The number of benzene rings is 3. The molecule has 3 rings (SSSR count). The maximum absolute atomic E-state index is 12.3. The van der Waals surface area contributed by atoms with E-state index in [9.17, 15) is 9.59 Å². The smallest absolute Gasteiger partial charge is 0.337 e. The molecule has 0 radical (unpaired) electrons. The van der Waals surface area contributed by atoms with E-state index < -0.39 is 18.0 Å². The zero-order valence-corrected chi connectivity index (χ0v) is 16.3. The van der Waals surface area contributed by atoms with E-state index >= 15 is 0 Å². The third-order valence-electron chi connectivity index (χ3n) is 4.15. The monoisotopic (exact) mass is 393 g/mol. The molecule has 7 nitrogen and oxygen atoms in total. The van der Waals surface area contributed by atoms with Crippen molar-refractivity contribution in [1.82, 2.24) is 10.9 Å². The summed E-state index contributed by atoms with van der Waals surface area (Å²) in [6.07, 6.45) is -0.799. The lowest BCUT2D eigenvalue weighted by Gasteiger charge is -2.16. The van der Waals surface area contributed by atoms with Crippen LogP contribution in [0.2, 0.25) is 0 Å². The van der Waals surface area contributed by atoms with Crippen LogP contribution in [0.4, 0.5) is 10.5 Å². The van der Waals surface area contributed by atoms with E-state index in [1.165, 1.54) is 0 Å². The Morgan fingerprint density at radius 1 is 0.931 bits per heavy atom. The molecule has 29 heavy (non-hydrogen) atoms. The fraction of sp³-hybridized carbons (Fsp3) is 0.182. The second-order valence-corrected chi connectivity index (χ2v) is 6.26. The van der Waals surface area contributed by atoms with Gasteiger partial charge in [0.25, 0.3) is 5.91 Å². The highest BCUT2D eigenvalue weighted by Crippen LogP contribution is 2.26. The lowest BCUT2D eigenvalue weighted by molar-refractivity contribution is -0.127. The number of urea groups is 1. The summed E-state index contributed by atoms with van der Waals surface area (Å²) in [5.41, 5.74) is 5.24. The number of carbonyl (C=O) groups excluding carboxylic acids is 2. The summed E-state index contributed by atoms with van der Waals surface area (Å²) in [6.45, 7) is 4.08. The standard InChI is InChI=1S/C22H23N3O4/c1-3-28-18-13-11-17(12-14-18)23-22(27)25-24-21(26)15(2)29-20-10-6-8-16-7-4-5-9-19(16)20/h4-15H,3H2,1-2H3,(H,24,26)(H2,23,25,27). The molecular formula is C22H23N3O4. The van der Waals surface area contributed by atoms with E-state index in [0.29, 0.717) is 23.8 Å². The minimum atomic E-state index is -0.799. The van der Waals surface area contributed by atoms with Crippen molar-refractivity contribution in [2.45, 2.75) is 20.0 Å². The lowest BCUT2D eigenvalue weighted by Crippen LogP contribution is -2.48. The molecule has 0 fully saturated rings. The van der Waals surface area contributed by atoms with Crippen LogP contribution in [0.5, 0.6) is 11.5 Å². The molecule has 3 amide bonds. The molecule has 0 saturated heterocycles. The van der Waals surface area contributed by atoms with Crippen LogP contribution in [0.25, 0.3) is 10.8 Å². The van der Waals surface area contributed by atoms with E-state index in [-0.39, 0.29) is 0 Å². The molecule has 0 bridgehead atoms. The van der Waals surface area contributed by atoms with Crippen LogP contribution in [-0.4, -0.2) is 24.6 Å². The van der Waals surface area contributed by atoms with Crippen molar-refractivity contribution in [1.29, 1.82) is 0 Å². The molecule has 3 aromatic rings. The van der Waals surface area contributed by atoms with Gasteiger partial charge in [-0.05, 0) is 49.6 Å². The molecule has 150 valence electrons. The average molecular weight is 393 g/mol. The quantitative estimate of drug-likeness (QED) is 0.555. The van der Waals surface area contributed by atoms with Crippen LogP contribution in [-0.2, 0) is 4.79 Å². The molecule has 3 aromatic carbocycles. The molecule has 3 N–H and O–H groups in total. The van der Waals surface area contributed by atoms with Gasteiger partial charge >= 0.3 is 6.03 Å². The molecular weight excluding hydrogens is 370 g/mol. The maximum atomic E-state index is 12.3. The van der Waals surface area contributed by atoms with Gasteiger partial charge in [0.15, 0.2) is 6.10 Å². The normalized spacial score (nSPS) is 11.4. The highest BCUT2D eigenvalue weighted by Gasteiger charge is 2.16. The number of rotatable bonds is 6. The summed E-state index contributed by atoms with van der Waals surface area (Å²) < 4.78 is 11.1. The van der Waals surface area contributed by atoms with Crippen molar-refractivity contribution in [2.24, 2.45) is 0 Å². The van der Waals surface area contributed by atoms with Gasteiger partial charge in [-0.1, -0.05) is 36.4 Å². The Balaban J connectivity index is 1.51. The Labute approximate surface area is 169 Å². The summed E-state index contributed by atoms with van der Waals surface area (Å²) >= 11 is 0. The van der Waals surface area contributed by atoms with E-state index in [2.05, 4.69) is 16.2 Å². The van der Waals surface area contributed by atoms with Crippen molar-refractivity contribution in [3.8, 4) is 11.5 Å². The summed E-state index contributed by atoms with van der Waals surface area (Å²) in [5, 5.41) is 4.55. The van der Waals surface area contributed by atoms with Crippen LogP contribution in [0, 0.1) is 0 Å². The second kappa shape index (κ2) is 9.45. The van der Waals surface area contributed by atoms with Gasteiger partial charge in [-0.25, -0.2) is 10.2 Å². The molecule has 7 heteroatoms. The van der Waals surface area contributed by atoms with Gasteiger partial charge in [0.1, 0.15) is 11.5 Å². The highest BCUT2D eigenvalue weighted by molar-refractivity contribution is 5.92. The first kappa shape index (κ1) is 20.0. The highest BCUT2D eigenvalue weighted by atomic mass is 16.5.